The topological polar surface area (TPSA) is 33.1 Å². The van der Waals surface area contributed by atoms with Gasteiger partial charge in [-0.3, -0.25) is 0 Å². The molecular formula is C14H24N4. The summed E-state index contributed by atoms with van der Waals surface area (Å²) < 4.78 is 2.31. The number of hydrogen-bond donors (Lipinski definition) is 1. The Morgan fingerprint density at radius 1 is 1.28 bits per heavy atom. The van der Waals surface area contributed by atoms with Crippen LogP contribution in [0.25, 0.3) is 0 Å². The Morgan fingerprint density at radius 2 is 2.06 bits per heavy atom. The number of hydrogen-bond acceptors (Lipinski definition) is 3. The Bertz CT molecular complexity index is 375. The number of nitrogens with one attached hydrogen (secondary N) is 1. The van der Waals surface area contributed by atoms with E-state index < -0.39 is 0 Å². The molecule has 1 aromatic rings. The largest absolute Gasteiger partial charge is 0.353 e. The van der Waals surface area contributed by atoms with Crippen molar-refractivity contribution in [2.24, 2.45) is 5.92 Å². The summed E-state index contributed by atoms with van der Waals surface area (Å²) in [6.45, 7) is 7.12. The molecular weight excluding hydrogens is 224 g/mol. The number of aromatic nitrogens is 2. The van der Waals surface area contributed by atoms with Gasteiger partial charge in [-0.25, -0.2) is 4.98 Å². The van der Waals surface area contributed by atoms with E-state index in [0.717, 1.165) is 18.4 Å². The predicted octanol–water partition coefficient (Wildman–Crippen LogP) is 2.19. The van der Waals surface area contributed by atoms with Crippen LogP contribution in [0.15, 0.2) is 12.4 Å². The van der Waals surface area contributed by atoms with Crippen molar-refractivity contribution < 1.29 is 0 Å². The molecule has 18 heavy (non-hydrogen) atoms. The van der Waals surface area contributed by atoms with Gasteiger partial charge in [0.25, 0.3) is 0 Å². The quantitative estimate of drug-likeness (QED) is 0.867. The number of rotatable bonds is 5. The van der Waals surface area contributed by atoms with Gasteiger partial charge in [0.15, 0.2) is 0 Å². The van der Waals surface area contributed by atoms with Gasteiger partial charge in [-0.05, 0) is 51.2 Å². The van der Waals surface area contributed by atoms with Gasteiger partial charge >= 0.3 is 0 Å². The maximum Gasteiger partial charge on any atom is 0.202 e. The zero-order chi connectivity index (χ0) is 12.4. The van der Waals surface area contributed by atoms with E-state index in [2.05, 4.69) is 32.9 Å². The highest BCUT2D eigenvalue weighted by molar-refractivity contribution is 5.29. The molecule has 4 heteroatoms. The third-order valence-corrected chi connectivity index (χ3v) is 4.24. The van der Waals surface area contributed by atoms with Crippen LogP contribution in [0.3, 0.4) is 0 Å². The molecule has 0 radical (unpaired) electrons. The summed E-state index contributed by atoms with van der Waals surface area (Å²) in [6, 6.07) is 0.688. The minimum absolute atomic E-state index is 0.688. The van der Waals surface area contributed by atoms with E-state index >= 15 is 0 Å². The molecule has 0 spiro atoms. The number of likely N-dealkylation sites (tertiary alicyclic amines) is 1. The lowest BCUT2D eigenvalue weighted by Gasteiger charge is -2.31. The summed E-state index contributed by atoms with van der Waals surface area (Å²) in [5.74, 6) is 1.90. The fourth-order valence-electron chi connectivity index (χ4n) is 2.77. The first-order valence-corrected chi connectivity index (χ1v) is 7.35. The van der Waals surface area contributed by atoms with E-state index in [0.29, 0.717) is 6.04 Å². The zero-order valence-corrected chi connectivity index (χ0v) is 11.3. The molecule has 1 aromatic heterocycles. The van der Waals surface area contributed by atoms with E-state index in [1.165, 1.54) is 45.3 Å². The molecule has 1 aliphatic carbocycles. The van der Waals surface area contributed by atoms with Crippen LogP contribution in [-0.4, -0.2) is 40.1 Å². The van der Waals surface area contributed by atoms with Crippen LogP contribution in [0.5, 0.6) is 0 Å². The van der Waals surface area contributed by atoms with Gasteiger partial charge < -0.3 is 14.8 Å². The lowest BCUT2D eigenvalue weighted by atomic mass is 9.97. The smallest absolute Gasteiger partial charge is 0.202 e. The second kappa shape index (κ2) is 5.31. The molecule has 0 bridgehead atoms. The third kappa shape index (κ3) is 2.86. The first-order chi connectivity index (χ1) is 8.85. The van der Waals surface area contributed by atoms with Gasteiger partial charge in [0.2, 0.25) is 5.95 Å². The van der Waals surface area contributed by atoms with Crippen molar-refractivity contribution in [3.63, 3.8) is 0 Å². The van der Waals surface area contributed by atoms with E-state index in [-0.39, 0.29) is 0 Å². The van der Waals surface area contributed by atoms with Crippen LogP contribution in [0.2, 0.25) is 0 Å². The van der Waals surface area contributed by atoms with Gasteiger partial charge in [0.05, 0.1) is 0 Å². The Labute approximate surface area is 109 Å². The summed E-state index contributed by atoms with van der Waals surface area (Å²) in [4.78, 5) is 6.98. The molecule has 0 amide bonds. The van der Waals surface area contributed by atoms with Crippen LogP contribution in [0, 0.1) is 5.92 Å². The lowest BCUT2D eigenvalue weighted by Crippen LogP contribution is -2.34. The molecule has 2 fully saturated rings. The second-order valence-electron chi connectivity index (χ2n) is 5.70. The average molecular weight is 248 g/mol. The molecule has 0 atom stereocenters. The highest BCUT2D eigenvalue weighted by atomic mass is 15.2. The van der Waals surface area contributed by atoms with E-state index in [4.69, 9.17) is 0 Å². The molecule has 2 aliphatic rings. The molecule has 0 unspecified atom stereocenters. The maximum absolute atomic E-state index is 4.43. The van der Waals surface area contributed by atoms with Crippen LogP contribution >= 0.6 is 0 Å². The summed E-state index contributed by atoms with van der Waals surface area (Å²) in [6.07, 6.45) is 9.32. The number of imidazole rings is 1. The molecule has 2 heterocycles. The lowest BCUT2D eigenvalue weighted by molar-refractivity contribution is 0.181. The van der Waals surface area contributed by atoms with Gasteiger partial charge in [-0.15, -0.1) is 0 Å². The summed E-state index contributed by atoms with van der Waals surface area (Å²) >= 11 is 0. The molecule has 0 aromatic carbocycles. The van der Waals surface area contributed by atoms with E-state index in [1.54, 1.807) is 0 Å². The molecule has 1 N–H and O–H groups in total. The fraction of sp³-hybridized carbons (Fsp3) is 0.786. The molecule has 3 rings (SSSR count). The van der Waals surface area contributed by atoms with Gasteiger partial charge in [0, 0.05) is 25.0 Å². The molecule has 4 nitrogen and oxygen atoms in total. The Kier molecular flexibility index (Phi) is 3.55. The minimum atomic E-state index is 0.688. The number of nitrogens with zero attached hydrogens (tertiary/aromatic N) is 3. The minimum Gasteiger partial charge on any atom is -0.353 e. The molecule has 100 valence electrons. The fourth-order valence-corrected chi connectivity index (χ4v) is 2.77. The van der Waals surface area contributed by atoms with Crippen LogP contribution in [-0.2, 0) is 6.54 Å². The van der Waals surface area contributed by atoms with Gasteiger partial charge in [0.1, 0.15) is 0 Å². The Hall–Kier alpha value is -1.03. The summed E-state index contributed by atoms with van der Waals surface area (Å²) in [5.41, 5.74) is 0. The Balaban J connectivity index is 1.54. The van der Waals surface area contributed by atoms with Crippen LogP contribution in [0.1, 0.15) is 32.6 Å². The molecule has 1 aliphatic heterocycles. The van der Waals surface area contributed by atoms with Crippen molar-refractivity contribution >= 4 is 5.95 Å². The normalized spacial score (nSPS) is 22.3. The van der Waals surface area contributed by atoms with Crippen molar-refractivity contribution in [3.8, 4) is 0 Å². The summed E-state index contributed by atoms with van der Waals surface area (Å²) in [5, 5.41) is 3.52. The van der Waals surface area contributed by atoms with Crippen molar-refractivity contribution in [2.45, 2.75) is 45.2 Å². The number of anilines is 1. The third-order valence-electron chi connectivity index (χ3n) is 4.24. The van der Waals surface area contributed by atoms with E-state index in [1.807, 2.05) is 6.20 Å². The molecule has 1 saturated carbocycles. The van der Waals surface area contributed by atoms with Gasteiger partial charge in [-0.1, -0.05) is 6.92 Å². The molecule has 1 saturated heterocycles. The van der Waals surface area contributed by atoms with Crippen molar-refractivity contribution in [1.29, 1.82) is 0 Å². The van der Waals surface area contributed by atoms with Crippen molar-refractivity contribution in [3.05, 3.63) is 12.4 Å². The predicted molar refractivity (Wildman–Crippen MR) is 73.7 cm³/mol. The second-order valence-corrected chi connectivity index (χ2v) is 5.70. The van der Waals surface area contributed by atoms with Crippen molar-refractivity contribution in [2.75, 3.05) is 25.0 Å². The van der Waals surface area contributed by atoms with Gasteiger partial charge in [-0.2, -0.15) is 0 Å². The summed E-state index contributed by atoms with van der Waals surface area (Å²) in [7, 11) is 0. The average Bonchev–Trinajstić information content (AvgIpc) is 3.11. The number of piperidine rings is 1. The van der Waals surface area contributed by atoms with E-state index in [9.17, 15) is 0 Å². The highest BCUT2D eigenvalue weighted by Crippen LogP contribution is 2.25. The van der Waals surface area contributed by atoms with Crippen molar-refractivity contribution in [1.82, 2.24) is 14.5 Å². The van der Waals surface area contributed by atoms with Crippen LogP contribution < -0.4 is 5.32 Å². The highest BCUT2D eigenvalue weighted by Gasteiger charge is 2.24. The SMILES string of the molecule is CCN1CCC(Cn2ccnc2NC2CC2)CC1. The monoisotopic (exact) mass is 248 g/mol. The van der Waals surface area contributed by atoms with Crippen LogP contribution in [0.4, 0.5) is 5.95 Å². The standard InChI is InChI=1S/C14H24N4/c1-2-17-8-5-12(6-9-17)11-18-10-7-15-14(18)16-13-3-4-13/h7,10,12-13H,2-6,8-9,11H2,1H3,(H,15,16). The first-order valence-electron chi connectivity index (χ1n) is 7.35. The Morgan fingerprint density at radius 3 is 2.72 bits per heavy atom. The first kappa shape index (κ1) is 12.0. The maximum atomic E-state index is 4.43. The zero-order valence-electron chi connectivity index (χ0n) is 11.3.